The van der Waals surface area contributed by atoms with Gasteiger partial charge in [0.1, 0.15) is 0 Å². The Bertz CT molecular complexity index is 655. The van der Waals surface area contributed by atoms with E-state index in [4.69, 9.17) is 0 Å². The van der Waals surface area contributed by atoms with Crippen molar-refractivity contribution < 1.29 is 9.90 Å². The van der Waals surface area contributed by atoms with Crippen molar-refractivity contribution in [3.05, 3.63) is 52.2 Å². The van der Waals surface area contributed by atoms with E-state index in [0.29, 0.717) is 6.54 Å². The first-order valence-electron chi connectivity index (χ1n) is 6.55. The highest BCUT2D eigenvalue weighted by molar-refractivity contribution is 5.90. The van der Waals surface area contributed by atoms with Gasteiger partial charge in [0, 0.05) is 13.1 Å². The maximum absolute atomic E-state index is 12.4. The number of aromatic nitrogens is 3. The lowest BCUT2D eigenvalue weighted by Crippen LogP contribution is -2.42. The molecule has 0 unspecified atom stereocenters. The van der Waals surface area contributed by atoms with Crippen LogP contribution in [-0.4, -0.2) is 43.2 Å². The minimum absolute atomic E-state index is 0.0693. The van der Waals surface area contributed by atoms with Gasteiger partial charge in [0.15, 0.2) is 0 Å². The predicted octanol–water partition coefficient (Wildman–Crippen LogP) is 0.511. The van der Waals surface area contributed by atoms with E-state index in [2.05, 4.69) is 15.2 Å². The molecule has 0 aliphatic heterocycles. The molecule has 0 fully saturated rings. The van der Waals surface area contributed by atoms with Crippen LogP contribution >= 0.6 is 0 Å². The highest BCUT2D eigenvalue weighted by atomic mass is 16.3. The molecule has 2 rings (SSSR count). The molecule has 3 N–H and O–H groups in total. The molecule has 0 aliphatic rings. The lowest BCUT2D eigenvalue weighted by Gasteiger charge is -2.28. The smallest absolute Gasteiger partial charge is 0.341 e. The van der Waals surface area contributed by atoms with Crippen molar-refractivity contribution in [2.24, 2.45) is 0 Å². The summed E-state index contributed by atoms with van der Waals surface area (Å²) in [6.07, 6.45) is 0. The van der Waals surface area contributed by atoms with Crippen molar-refractivity contribution in [3.63, 3.8) is 0 Å². The van der Waals surface area contributed by atoms with Crippen LogP contribution in [0.2, 0.25) is 0 Å². The molecule has 1 aromatic carbocycles. The van der Waals surface area contributed by atoms with Crippen LogP contribution in [0, 0.1) is 0 Å². The molecule has 2 aromatic rings. The fourth-order valence-corrected chi connectivity index (χ4v) is 1.99. The van der Waals surface area contributed by atoms with Gasteiger partial charge in [-0.3, -0.25) is 9.78 Å². The molecular formula is C14H18N4O3. The van der Waals surface area contributed by atoms with Gasteiger partial charge in [-0.1, -0.05) is 30.3 Å². The van der Waals surface area contributed by atoms with Crippen molar-refractivity contribution in [1.82, 2.24) is 20.1 Å². The summed E-state index contributed by atoms with van der Waals surface area (Å²) < 4.78 is 0. The lowest BCUT2D eigenvalue weighted by atomic mass is 10.1. The van der Waals surface area contributed by atoms with E-state index in [1.54, 1.807) is 13.8 Å². The number of aliphatic hydroxyl groups is 1. The van der Waals surface area contributed by atoms with E-state index in [9.17, 15) is 14.7 Å². The van der Waals surface area contributed by atoms with Crippen LogP contribution in [0.5, 0.6) is 0 Å². The number of carbonyl (C=O) groups excluding carboxylic acids is 1. The number of benzene rings is 1. The molecule has 0 aliphatic carbocycles. The van der Waals surface area contributed by atoms with Crippen molar-refractivity contribution in [2.75, 3.05) is 6.54 Å². The molecule has 112 valence electrons. The Balaban J connectivity index is 2.23. The average molecular weight is 290 g/mol. The first-order chi connectivity index (χ1) is 9.85. The Morgan fingerprint density at radius 2 is 2.00 bits per heavy atom. The van der Waals surface area contributed by atoms with E-state index in [1.807, 2.05) is 30.3 Å². The van der Waals surface area contributed by atoms with Crippen LogP contribution < -0.4 is 5.69 Å². The van der Waals surface area contributed by atoms with Crippen LogP contribution in [0.1, 0.15) is 30.0 Å². The molecular weight excluding hydrogens is 272 g/mol. The summed E-state index contributed by atoms with van der Waals surface area (Å²) in [6.45, 7) is 3.67. The first kappa shape index (κ1) is 15.0. The van der Waals surface area contributed by atoms with Gasteiger partial charge in [-0.15, -0.1) is 5.10 Å². The fourth-order valence-electron chi connectivity index (χ4n) is 1.99. The maximum Gasteiger partial charge on any atom is 0.341 e. The Labute approximate surface area is 121 Å². The van der Waals surface area contributed by atoms with E-state index in [0.717, 1.165) is 5.56 Å². The van der Waals surface area contributed by atoms with E-state index in [-0.39, 0.29) is 12.4 Å². The van der Waals surface area contributed by atoms with Crippen molar-refractivity contribution in [2.45, 2.75) is 26.0 Å². The number of nitrogens with zero attached hydrogens (tertiary/aromatic N) is 2. The number of hydrogen-bond acceptors (Lipinski definition) is 4. The molecule has 0 saturated carbocycles. The number of aromatic amines is 2. The number of hydrogen-bond donors (Lipinski definition) is 3. The highest BCUT2D eigenvalue weighted by Crippen LogP contribution is 2.12. The van der Waals surface area contributed by atoms with E-state index >= 15 is 0 Å². The third-order valence-electron chi connectivity index (χ3n) is 2.79. The normalized spacial score (nSPS) is 11.4. The molecule has 7 nitrogen and oxygen atoms in total. The van der Waals surface area contributed by atoms with Gasteiger partial charge in [-0.05, 0) is 19.4 Å². The van der Waals surface area contributed by atoms with E-state index < -0.39 is 17.2 Å². The fraction of sp³-hybridized carbons (Fsp3) is 0.357. The molecule has 0 saturated heterocycles. The molecule has 0 radical (unpaired) electrons. The summed E-state index contributed by atoms with van der Waals surface area (Å²) in [4.78, 5) is 27.2. The van der Waals surface area contributed by atoms with Crippen molar-refractivity contribution in [3.8, 4) is 0 Å². The van der Waals surface area contributed by atoms with E-state index in [1.165, 1.54) is 4.90 Å². The Morgan fingerprint density at radius 1 is 1.33 bits per heavy atom. The molecule has 0 bridgehead atoms. The molecule has 1 aromatic heterocycles. The van der Waals surface area contributed by atoms with Gasteiger partial charge in [0.2, 0.25) is 5.82 Å². The number of rotatable bonds is 5. The molecule has 0 atom stereocenters. The number of H-pyrrole nitrogens is 2. The second kappa shape index (κ2) is 5.92. The molecule has 1 amide bonds. The summed E-state index contributed by atoms with van der Waals surface area (Å²) in [5.74, 6) is -0.514. The average Bonchev–Trinajstić information content (AvgIpc) is 2.83. The minimum atomic E-state index is -1.05. The maximum atomic E-state index is 12.4. The van der Waals surface area contributed by atoms with Gasteiger partial charge in [-0.25, -0.2) is 9.89 Å². The van der Waals surface area contributed by atoms with Gasteiger partial charge < -0.3 is 10.0 Å². The van der Waals surface area contributed by atoms with Crippen molar-refractivity contribution >= 4 is 5.91 Å². The van der Waals surface area contributed by atoms with Crippen LogP contribution in [0.25, 0.3) is 0 Å². The third-order valence-corrected chi connectivity index (χ3v) is 2.79. The summed E-state index contributed by atoms with van der Waals surface area (Å²) in [5, 5.41) is 15.8. The topological polar surface area (TPSA) is 102 Å². The van der Waals surface area contributed by atoms with Gasteiger partial charge in [-0.2, -0.15) is 0 Å². The number of amides is 1. The highest BCUT2D eigenvalue weighted by Gasteiger charge is 2.25. The minimum Gasteiger partial charge on any atom is -0.389 e. The number of carbonyl (C=O) groups is 1. The van der Waals surface area contributed by atoms with Gasteiger partial charge in [0.25, 0.3) is 5.91 Å². The Kier molecular flexibility index (Phi) is 4.23. The summed E-state index contributed by atoms with van der Waals surface area (Å²) in [7, 11) is 0. The third kappa shape index (κ3) is 4.28. The largest absolute Gasteiger partial charge is 0.389 e. The monoisotopic (exact) mass is 290 g/mol. The Hall–Kier alpha value is -2.41. The standard InChI is InChI=1S/C14H18N4O3/c1-14(2,21)9-18(8-10-6-4-3-5-7-10)12(19)11-15-13(20)17-16-11/h3-7,21H,8-9H2,1-2H3,(H2,15,16,17,20). The van der Waals surface area contributed by atoms with Crippen LogP contribution in [0.4, 0.5) is 0 Å². The summed E-state index contributed by atoms with van der Waals surface area (Å²) >= 11 is 0. The second-order valence-corrected chi connectivity index (χ2v) is 5.49. The molecule has 0 spiro atoms. The predicted molar refractivity (Wildman–Crippen MR) is 76.7 cm³/mol. The summed E-state index contributed by atoms with van der Waals surface area (Å²) in [5.41, 5.74) is -0.671. The second-order valence-electron chi connectivity index (χ2n) is 5.49. The van der Waals surface area contributed by atoms with Gasteiger partial charge in [0.05, 0.1) is 5.60 Å². The van der Waals surface area contributed by atoms with Crippen molar-refractivity contribution in [1.29, 1.82) is 0 Å². The molecule has 1 heterocycles. The lowest BCUT2D eigenvalue weighted by molar-refractivity contribution is 0.0274. The zero-order valence-corrected chi connectivity index (χ0v) is 12.0. The van der Waals surface area contributed by atoms with Crippen LogP contribution in [-0.2, 0) is 6.54 Å². The molecule has 7 heteroatoms. The zero-order valence-electron chi connectivity index (χ0n) is 12.0. The SMILES string of the molecule is CC(C)(O)CN(Cc1ccccc1)C(=O)c1n[nH]c(=O)[nH]1. The van der Waals surface area contributed by atoms with Crippen LogP contribution in [0.15, 0.2) is 35.1 Å². The quantitative estimate of drug-likeness (QED) is 0.746. The zero-order chi connectivity index (χ0) is 15.5. The molecule has 21 heavy (non-hydrogen) atoms. The van der Waals surface area contributed by atoms with Gasteiger partial charge >= 0.3 is 5.69 Å². The number of nitrogens with one attached hydrogen (secondary N) is 2. The Morgan fingerprint density at radius 3 is 2.52 bits per heavy atom. The summed E-state index contributed by atoms with van der Waals surface area (Å²) in [6, 6.07) is 9.41. The van der Waals surface area contributed by atoms with Crippen LogP contribution in [0.3, 0.4) is 0 Å². The first-order valence-corrected chi connectivity index (χ1v) is 6.55.